The third-order valence-corrected chi connectivity index (χ3v) is 1.43. The largest absolute Gasteiger partial charge is 0.748 e. The zero-order valence-electron chi connectivity index (χ0n) is 7.16. The molecular weight excluding hydrogens is 182 g/mol. The number of hydrogen-bond donors (Lipinski definition) is 1. The minimum Gasteiger partial charge on any atom is -0.748 e. The maximum atomic E-state index is 10.5. The highest BCUT2D eigenvalue weighted by atomic mass is 32.2. The Balaban J connectivity index is 0.000000217. The summed E-state index contributed by atoms with van der Waals surface area (Å²) in [5, 5.41) is 0. The smallest absolute Gasteiger partial charge is 0.312 e. The van der Waals surface area contributed by atoms with Crippen molar-refractivity contribution in [3.63, 3.8) is 0 Å². The topological polar surface area (TPSA) is 78.7 Å². The van der Waals surface area contributed by atoms with E-state index >= 15 is 0 Å². The highest BCUT2D eigenvalue weighted by Crippen LogP contribution is 1.87. The molecule has 6 heteroatoms. The van der Waals surface area contributed by atoms with Gasteiger partial charge in [-0.3, -0.25) is 4.90 Å². The Hall–Kier alpha value is -0.460. The van der Waals surface area contributed by atoms with Crippen molar-refractivity contribution >= 4 is 16.0 Å². The molecule has 0 radical (unpaired) electrons. The van der Waals surface area contributed by atoms with Gasteiger partial charge in [-0.1, -0.05) is 0 Å². The van der Waals surface area contributed by atoms with Crippen LogP contribution in [-0.4, -0.2) is 38.7 Å². The van der Waals surface area contributed by atoms with Crippen molar-refractivity contribution in [1.29, 1.82) is 0 Å². The number of carbonyl (C=O) groups is 1. The summed E-state index contributed by atoms with van der Waals surface area (Å²) in [5.41, 5.74) is 0. The molecule has 0 spiro atoms. The van der Waals surface area contributed by atoms with Crippen LogP contribution < -0.4 is 4.90 Å². The molecule has 1 heterocycles. The lowest BCUT2D eigenvalue weighted by atomic mass is 10.4. The molecule has 0 aromatic heterocycles. The average molecular weight is 195 g/mol. The fourth-order valence-corrected chi connectivity index (χ4v) is 0.867. The number of nitrogens with one attached hydrogen (secondary N) is 1. The second-order valence-corrected chi connectivity index (χ2v) is 4.17. The molecular formula is C6H13NO4S. The Morgan fingerprint density at radius 2 is 1.92 bits per heavy atom. The molecule has 5 nitrogen and oxygen atoms in total. The fourth-order valence-electron chi connectivity index (χ4n) is 0.867. The van der Waals surface area contributed by atoms with Crippen molar-refractivity contribution in [3.05, 3.63) is 0 Å². The minimum absolute atomic E-state index is 0.375. The van der Waals surface area contributed by atoms with Gasteiger partial charge in [-0.05, 0) is 0 Å². The van der Waals surface area contributed by atoms with Gasteiger partial charge in [0.25, 0.3) is 0 Å². The van der Waals surface area contributed by atoms with Crippen LogP contribution in [0.3, 0.4) is 0 Å². The molecule has 1 aliphatic rings. The summed E-state index contributed by atoms with van der Waals surface area (Å²) in [4.78, 5) is 11.6. The Kier molecular flexibility index (Phi) is 4.36. The number of hydrogen-bond acceptors (Lipinski definition) is 4. The maximum absolute atomic E-state index is 10.5. The molecule has 1 amide bonds. The summed E-state index contributed by atoms with van der Waals surface area (Å²) in [6.45, 7) is 1.04. The molecule has 1 atom stereocenters. The van der Waals surface area contributed by atoms with E-state index in [2.05, 4.69) is 0 Å². The van der Waals surface area contributed by atoms with Gasteiger partial charge in [0, 0.05) is 12.7 Å². The quantitative estimate of drug-likeness (QED) is 0.453. The van der Waals surface area contributed by atoms with Crippen LogP contribution in [0.25, 0.3) is 0 Å². The van der Waals surface area contributed by atoms with Crippen LogP contribution in [0.4, 0.5) is 0 Å². The second kappa shape index (κ2) is 4.54. The molecule has 1 fully saturated rings. The fraction of sp³-hybridized carbons (Fsp3) is 0.833. The summed E-state index contributed by atoms with van der Waals surface area (Å²) >= 11 is 0. The Morgan fingerprint density at radius 1 is 1.50 bits per heavy atom. The van der Waals surface area contributed by atoms with E-state index in [-0.39, 0.29) is 0 Å². The van der Waals surface area contributed by atoms with Crippen LogP contribution in [0, 0.1) is 0 Å². The Labute approximate surface area is 72.1 Å². The van der Waals surface area contributed by atoms with Gasteiger partial charge in [0.15, 0.2) is 0 Å². The highest BCUT2D eigenvalue weighted by molar-refractivity contribution is 7.84. The van der Waals surface area contributed by atoms with E-state index in [0.29, 0.717) is 12.2 Å². The zero-order chi connectivity index (χ0) is 9.78. The highest BCUT2D eigenvalue weighted by Gasteiger charge is 2.20. The maximum Gasteiger partial charge on any atom is 0.312 e. The van der Waals surface area contributed by atoms with Crippen LogP contribution in [0.5, 0.6) is 0 Å². The van der Waals surface area contributed by atoms with E-state index in [1.165, 1.54) is 0 Å². The first-order chi connectivity index (χ1) is 5.30. The molecule has 1 saturated heterocycles. The molecule has 1 rings (SSSR count). The van der Waals surface area contributed by atoms with Gasteiger partial charge < -0.3 is 4.55 Å². The van der Waals surface area contributed by atoms with Gasteiger partial charge in [-0.15, -0.1) is 0 Å². The predicted molar refractivity (Wildman–Crippen MR) is 41.6 cm³/mol. The van der Waals surface area contributed by atoms with Crippen molar-refractivity contribution < 1.29 is 22.7 Å². The first-order valence-corrected chi connectivity index (χ1v) is 5.39. The minimum atomic E-state index is -3.92. The molecule has 1 N–H and O–H groups in total. The number of amides is 1. The van der Waals surface area contributed by atoms with Crippen molar-refractivity contribution in [2.24, 2.45) is 0 Å². The molecule has 1 unspecified atom stereocenters. The molecule has 0 saturated carbocycles. The number of rotatable bonds is 0. The molecule has 0 aromatic carbocycles. The first kappa shape index (κ1) is 11.5. The van der Waals surface area contributed by atoms with Gasteiger partial charge >= 0.3 is 5.91 Å². The molecule has 72 valence electrons. The normalized spacial score (nSPS) is 23.2. The number of quaternary nitrogens is 1. The predicted octanol–water partition coefficient (Wildman–Crippen LogP) is -2.02. The van der Waals surface area contributed by atoms with Gasteiger partial charge in [-0.2, -0.15) is 0 Å². The van der Waals surface area contributed by atoms with Crippen molar-refractivity contribution in [2.75, 3.05) is 19.8 Å². The molecule has 1 aliphatic heterocycles. The monoisotopic (exact) mass is 195 g/mol. The number of carbonyl (C=O) groups excluding carboxylic acids is 1. The van der Waals surface area contributed by atoms with Crippen LogP contribution in [0.2, 0.25) is 0 Å². The van der Waals surface area contributed by atoms with Crippen molar-refractivity contribution in [3.8, 4) is 0 Å². The van der Waals surface area contributed by atoms with Gasteiger partial charge in [0.05, 0.1) is 30.1 Å². The summed E-state index contributed by atoms with van der Waals surface area (Å²) < 4.78 is 27.2. The van der Waals surface area contributed by atoms with E-state index < -0.39 is 10.1 Å². The summed E-state index contributed by atoms with van der Waals surface area (Å²) in [6, 6.07) is 0. The van der Waals surface area contributed by atoms with Crippen molar-refractivity contribution in [1.82, 2.24) is 0 Å². The van der Waals surface area contributed by atoms with E-state index in [1.807, 2.05) is 7.05 Å². The van der Waals surface area contributed by atoms with Crippen molar-refractivity contribution in [2.45, 2.75) is 12.8 Å². The van der Waals surface area contributed by atoms with Crippen LogP contribution >= 0.6 is 0 Å². The number of likely N-dealkylation sites (tertiary alicyclic amines) is 1. The Bertz CT molecular complexity index is 238. The average Bonchev–Trinajstić information content (AvgIpc) is 2.12. The summed E-state index contributed by atoms with van der Waals surface area (Å²) in [6.07, 6.45) is 2.49. The molecule has 0 aromatic rings. The van der Waals surface area contributed by atoms with E-state index in [4.69, 9.17) is 13.0 Å². The third-order valence-electron chi connectivity index (χ3n) is 1.43. The van der Waals surface area contributed by atoms with E-state index in [1.54, 1.807) is 0 Å². The second-order valence-electron chi connectivity index (χ2n) is 2.76. The lowest BCUT2D eigenvalue weighted by Crippen LogP contribution is -3.09. The molecule has 0 bridgehead atoms. The molecule has 12 heavy (non-hydrogen) atoms. The van der Waals surface area contributed by atoms with Gasteiger partial charge in [0.2, 0.25) is 0 Å². The zero-order valence-corrected chi connectivity index (χ0v) is 7.98. The first-order valence-electron chi connectivity index (χ1n) is 3.57. The van der Waals surface area contributed by atoms with E-state index in [0.717, 1.165) is 24.3 Å². The van der Waals surface area contributed by atoms with E-state index in [9.17, 15) is 4.79 Å². The lowest BCUT2D eigenvalue weighted by Gasteiger charge is -1.96. The summed E-state index contributed by atoms with van der Waals surface area (Å²) in [5.74, 6) is 0.375. The van der Waals surface area contributed by atoms with Gasteiger partial charge in [-0.25, -0.2) is 13.2 Å². The van der Waals surface area contributed by atoms with Crippen LogP contribution in [-0.2, 0) is 14.9 Å². The third kappa shape index (κ3) is 7.64. The van der Waals surface area contributed by atoms with Gasteiger partial charge in [0.1, 0.15) is 0 Å². The Morgan fingerprint density at radius 3 is 2.00 bits per heavy atom. The standard InChI is InChI=1S/C5H9NO.CH4O3S/c1-6-4-2-3-5(6)7;1-5(2,3)4/h2-4H2,1H3;1H3,(H,2,3,4). The summed E-state index contributed by atoms with van der Waals surface area (Å²) in [7, 11) is -1.99. The van der Waals surface area contributed by atoms with Crippen LogP contribution in [0.15, 0.2) is 0 Å². The SMILES string of the molecule is CS(=O)(=O)[O-].C[NH+]1CCCC1=O. The lowest BCUT2D eigenvalue weighted by molar-refractivity contribution is -0.788. The molecule has 0 aliphatic carbocycles. The van der Waals surface area contributed by atoms with Crippen LogP contribution in [0.1, 0.15) is 12.8 Å².